The number of hydrogen-bond donors (Lipinski definition) is 0. The lowest BCUT2D eigenvalue weighted by atomic mass is 9.67. The first-order chi connectivity index (χ1) is 25.5. The van der Waals surface area contributed by atoms with E-state index in [0.29, 0.717) is 0 Å². The molecule has 1 aliphatic heterocycles. The second kappa shape index (κ2) is 11.9. The van der Waals surface area contributed by atoms with E-state index in [1.165, 1.54) is 71.6 Å². The third kappa shape index (κ3) is 4.80. The Morgan fingerprint density at radius 2 is 1.15 bits per heavy atom. The predicted molar refractivity (Wildman–Crippen MR) is 220 cm³/mol. The highest BCUT2D eigenvalue weighted by atomic mass is 32.2. The summed E-state index contributed by atoms with van der Waals surface area (Å²) in [5.74, 6) is 0.978. The summed E-state index contributed by atoms with van der Waals surface area (Å²) in [7, 11) is 0. The molecule has 1 aromatic heterocycles. The molecule has 2 nitrogen and oxygen atoms in total. The minimum Gasteiger partial charge on any atom is -0.269 e. The number of thioether (sulfide) groups is 1. The van der Waals surface area contributed by atoms with E-state index in [-0.39, 0.29) is 5.54 Å². The molecule has 248 valence electrons. The quantitative estimate of drug-likeness (QED) is 0.180. The maximum absolute atomic E-state index is 5.01. The van der Waals surface area contributed by atoms with Crippen LogP contribution in [0, 0.1) is 0 Å². The molecule has 52 heavy (non-hydrogen) atoms. The zero-order valence-corrected chi connectivity index (χ0v) is 30.0. The number of fused-ring (bicyclic) bond motifs is 6. The normalized spacial score (nSPS) is 15.4. The highest BCUT2D eigenvalue weighted by Gasteiger charge is 2.47. The zero-order chi connectivity index (χ0) is 34.9. The second-order valence-corrected chi connectivity index (χ2v) is 15.6. The van der Waals surface area contributed by atoms with Crippen molar-refractivity contribution >= 4 is 38.4 Å². The van der Waals surface area contributed by atoms with Gasteiger partial charge in [0.25, 0.3) is 0 Å². The SMILES string of the molecule is CC1(C)CSC(c2ccc(-c3cc4c(c5ccccc35)-c3ccc(-c5ccc6ccccc6c5)cc3C4(c3ccccc3)c3ccccc3)cn2)=N1. The van der Waals surface area contributed by atoms with Gasteiger partial charge in [0.2, 0.25) is 0 Å². The highest BCUT2D eigenvalue weighted by molar-refractivity contribution is 8.14. The number of aromatic nitrogens is 1. The molecule has 2 heterocycles. The van der Waals surface area contributed by atoms with E-state index in [2.05, 4.69) is 178 Å². The van der Waals surface area contributed by atoms with Gasteiger partial charge in [0.05, 0.1) is 16.6 Å². The zero-order valence-electron chi connectivity index (χ0n) is 29.2. The Morgan fingerprint density at radius 1 is 0.519 bits per heavy atom. The van der Waals surface area contributed by atoms with Crippen molar-refractivity contribution in [2.24, 2.45) is 4.99 Å². The van der Waals surface area contributed by atoms with Crippen molar-refractivity contribution in [1.29, 1.82) is 0 Å². The van der Waals surface area contributed by atoms with Gasteiger partial charge in [-0.1, -0.05) is 140 Å². The number of pyridine rings is 1. The molecular weight excluding hydrogens is 649 g/mol. The van der Waals surface area contributed by atoms with Gasteiger partial charge in [-0.3, -0.25) is 9.98 Å². The first-order valence-electron chi connectivity index (χ1n) is 18.0. The predicted octanol–water partition coefficient (Wildman–Crippen LogP) is 12.4. The number of hydrogen-bond acceptors (Lipinski definition) is 3. The maximum Gasteiger partial charge on any atom is 0.117 e. The lowest BCUT2D eigenvalue weighted by molar-refractivity contribution is 0.605. The Labute approximate surface area is 308 Å². The van der Waals surface area contributed by atoms with E-state index in [1.807, 2.05) is 6.20 Å². The molecule has 8 aromatic rings. The van der Waals surface area contributed by atoms with Crippen LogP contribution in [0.3, 0.4) is 0 Å². The molecule has 0 radical (unpaired) electrons. The molecule has 0 unspecified atom stereocenters. The van der Waals surface area contributed by atoms with Gasteiger partial charge in [0.15, 0.2) is 0 Å². The summed E-state index contributed by atoms with van der Waals surface area (Å²) in [5.41, 5.74) is 12.8. The van der Waals surface area contributed by atoms with Gasteiger partial charge in [-0.15, -0.1) is 11.8 Å². The molecule has 1 aliphatic carbocycles. The Morgan fingerprint density at radius 3 is 1.85 bits per heavy atom. The summed E-state index contributed by atoms with van der Waals surface area (Å²) in [5, 5.41) is 6.01. The van der Waals surface area contributed by atoms with Crippen LogP contribution in [0.5, 0.6) is 0 Å². The van der Waals surface area contributed by atoms with E-state index in [9.17, 15) is 0 Å². The Hall–Kier alpha value is -5.77. The van der Waals surface area contributed by atoms with Gasteiger partial charge in [-0.05, 0) is 110 Å². The molecule has 7 aromatic carbocycles. The van der Waals surface area contributed by atoms with E-state index in [1.54, 1.807) is 11.8 Å². The van der Waals surface area contributed by atoms with Crippen molar-refractivity contribution in [2.45, 2.75) is 24.8 Å². The third-order valence-corrected chi connectivity index (χ3v) is 12.3. The molecule has 0 fully saturated rings. The molecule has 0 saturated heterocycles. The fourth-order valence-electron chi connectivity index (χ4n) is 8.53. The second-order valence-electron chi connectivity index (χ2n) is 14.6. The Balaban J connectivity index is 1.26. The van der Waals surface area contributed by atoms with Crippen molar-refractivity contribution in [2.75, 3.05) is 5.75 Å². The molecule has 2 aliphatic rings. The summed E-state index contributed by atoms with van der Waals surface area (Å²) in [6.07, 6.45) is 2.05. The van der Waals surface area contributed by atoms with Crippen molar-refractivity contribution in [3.8, 4) is 33.4 Å². The van der Waals surface area contributed by atoms with Crippen LogP contribution in [0.4, 0.5) is 0 Å². The van der Waals surface area contributed by atoms with Crippen molar-refractivity contribution in [1.82, 2.24) is 4.98 Å². The van der Waals surface area contributed by atoms with E-state index >= 15 is 0 Å². The number of rotatable bonds is 5. The van der Waals surface area contributed by atoms with Gasteiger partial charge in [-0.2, -0.15) is 0 Å². The Kier molecular flexibility index (Phi) is 7.10. The van der Waals surface area contributed by atoms with Crippen LogP contribution in [-0.4, -0.2) is 21.3 Å². The summed E-state index contributed by atoms with van der Waals surface area (Å²) in [4.78, 5) is 9.97. The Bertz CT molecular complexity index is 2650. The summed E-state index contributed by atoms with van der Waals surface area (Å²) in [6, 6.07) is 60.6. The van der Waals surface area contributed by atoms with Crippen molar-refractivity contribution in [3.63, 3.8) is 0 Å². The monoisotopic (exact) mass is 684 g/mol. The summed E-state index contributed by atoms with van der Waals surface area (Å²) < 4.78 is 0. The molecule has 0 bridgehead atoms. The van der Waals surface area contributed by atoms with E-state index in [0.717, 1.165) is 22.1 Å². The lowest BCUT2D eigenvalue weighted by Gasteiger charge is -2.34. The molecule has 0 N–H and O–H groups in total. The van der Waals surface area contributed by atoms with Gasteiger partial charge >= 0.3 is 0 Å². The van der Waals surface area contributed by atoms with Gasteiger partial charge in [0, 0.05) is 17.5 Å². The lowest BCUT2D eigenvalue weighted by Crippen LogP contribution is -2.28. The van der Waals surface area contributed by atoms with Gasteiger partial charge in [-0.25, -0.2) is 0 Å². The van der Waals surface area contributed by atoms with Gasteiger partial charge < -0.3 is 0 Å². The molecule has 3 heteroatoms. The number of aliphatic imine (C=N–C) groups is 1. The molecule has 10 rings (SSSR count). The first kappa shape index (κ1) is 31.0. The fourth-order valence-corrected chi connectivity index (χ4v) is 9.66. The molecule has 0 saturated carbocycles. The first-order valence-corrected chi connectivity index (χ1v) is 19.0. The fraction of sp³-hybridized carbons (Fsp3) is 0.102. The van der Waals surface area contributed by atoms with Crippen molar-refractivity contribution < 1.29 is 0 Å². The van der Waals surface area contributed by atoms with Crippen LogP contribution in [0.15, 0.2) is 175 Å². The van der Waals surface area contributed by atoms with Crippen LogP contribution < -0.4 is 0 Å². The van der Waals surface area contributed by atoms with E-state index < -0.39 is 5.41 Å². The summed E-state index contributed by atoms with van der Waals surface area (Å²) in [6.45, 7) is 4.37. The van der Waals surface area contributed by atoms with Crippen LogP contribution >= 0.6 is 11.8 Å². The maximum atomic E-state index is 5.01. The largest absolute Gasteiger partial charge is 0.269 e. The minimum absolute atomic E-state index is 0.0576. The van der Waals surface area contributed by atoms with Crippen LogP contribution in [0.1, 0.15) is 41.8 Å². The average Bonchev–Trinajstić information content (AvgIpc) is 3.72. The van der Waals surface area contributed by atoms with Crippen molar-refractivity contribution in [3.05, 3.63) is 198 Å². The topological polar surface area (TPSA) is 25.2 Å². The number of nitrogens with zero attached hydrogens (tertiary/aromatic N) is 2. The highest BCUT2D eigenvalue weighted by Crippen LogP contribution is 2.59. The van der Waals surface area contributed by atoms with Crippen LogP contribution in [-0.2, 0) is 5.41 Å². The molecular formula is C49H36N2S. The smallest absolute Gasteiger partial charge is 0.117 e. The van der Waals surface area contributed by atoms with Crippen LogP contribution in [0.2, 0.25) is 0 Å². The minimum atomic E-state index is -0.549. The molecule has 0 amide bonds. The van der Waals surface area contributed by atoms with Crippen LogP contribution in [0.25, 0.3) is 54.9 Å². The number of benzene rings is 7. The third-order valence-electron chi connectivity index (χ3n) is 10.9. The van der Waals surface area contributed by atoms with Gasteiger partial charge in [0.1, 0.15) is 5.04 Å². The molecule has 0 atom stereocenters. The standard InChI is InChI=1S/C49H36N2S/c1-48(2)31-52-47(51-48)45-26-24-36(30-50-45)42-29-44-46(40-20-12-11-19-39(40)42)41-25-23-35(34-22-21-32-13-9-10-14-33(32)27-34)28-43(41)49(44,37-15-5-3-6-16-37)38-17-7-4-8-18-38/h3-30H,31H2,1-2H3. The molecule has 0 spiro atoms. The summed E-state index contributed by atoms with van der Waals surface area (Å²) >= 11 is 1.80. The van der Waals surface area contributed by atoms with E-state index in [4.69, 9.17) is 9.98 Å². The average molecular weight is 685 g/mol.